The van der Waals surface area contributed by atoms with Gasteiger partial charge >= 0.3 is 0 Å². The van der Waals surface area contributed by atoms with Crippen LogP contribution < -0.4 is 14.4 Å². The summed E-state index contributed by atoms with van der Waals surface area (Å²) in [6, 6.07) is 6.07. The molecule has 3 aliphatic heterocycles. The quantitative estimate of drug-likeness (QED) is 0.748. The lowest BCUT2D eigenvalue weighted by atomic mass is 10.0. The average molecular weight is 428 g/mol. The smallest absolute Gasteiger partial charge is 0.229 e. The highest BCUT2D eigenvalue weighted by molar-refractivity contribution is 7.14. The second kappa shape index (κ2) is 8.26. The number of anilines is 1. The standard InChI is InChI=1S/C22H25N3O4S/c26-20-5-2-9-25(20)22-23-16(14-30-22)13-21(27)24-8-1-4-17(24)15-6-7-18-19(12-15)29-11-3-10-28-18/h6-7,12,14,17H,1-5,8-11,13H2/t17-/m0/s1. The van der Waals surface area contributed by atoms with E-state index in [9.17, 15) is 9.59 Å². The summed E-state index contributed by atoms with van der Waals surface area (Å²) in [6.45, 7) is 2.78. The van der Waals surface area contributed by atoms with Crippen LogP contribution in [0.25, 0.3) is 0 Å². The molecule has 0 unspecified atom stereocenters. The number of hydrogen-bond acceptors (Lipinski definition) is 6. The van der Waals surface area contributed by atoms with Gasteiger partial charge in [0.2, 0.25) is 11.8 Å². The van der Waals surface area contributed by atoms with E-state index >= 15 is 0 Å². The van der Waals surface area contributed by atoms with Crippen LogP contribution in [0.3, 0.4) is 0 Å². The number of likely N-dealkylation sites (tertiary alicyclic amines) is 1. The van der Waals surface area contributed by atoms with Crippen LogP contribution in [0.5, 0.6) is 11.5 Å². The van der Waals surface area contributed by atoms with Crippen LogP contribution in [0.4, 0.5) is 5.13 Å². The fourth-order valence-corrected chi connectivity index (χ4v) is 5.28. The molecule has 2 amide bonds. The number of carbonyl (C=O) groups excluding carboxylic acids is 2. The van der Waals surface area contributed by atoms with Gasteiger partial charge in [-0.3, -0.25) is 14.5 Å². The molecule has 1 aromatic heterocycles. The zero-order valence-corrected chi connectivity index (χ0v) is 17.7. The highest BCUT2D eigenvalue weighted by atomic mass is 32.1. The van der Waals surface area contributed by atoms with Gasteiger partial charge in [-0.2, -0.15) is 0 Å². The minimum absolute atomic E-state index is 0.0490. The Labute approximate surface area is 179 Å². The number of ether oxygens (including phenoxy) is 2. The van der Waals surface area contributed by atoms with Crippen LogP contribution in [-0.2, 0) is 16.0 Å². The third kappa shape index (κ3) is 3.76. The van der Waals surface area contributed by atoms with Gasteiger partial charge < -0.3 is 14.4 Å². The van der Waals surface area contributed by atoms with Crippen LogP contribution in [0, 0.1) is 0 Å². The predicted octanol–water partition coefficient (Wildman–Crippen LogP) is 3.34. The maximum Gasteiger partial charge on any atom is 0.229 e. The Morgan fingerprint density at radius 3 is 2.83 bits per heavy atom. The molecule has 158 valence electrons. The number of aromatic nitrogens is 1. The van der Waals surface area contributed by atoms with Crippen molar-refractivity contribution in [1.29, 1.82) is 0 Å². The molecule has 3 aliphatic rings. The van der Waals surface area contributed by atoms with Crippen molar-refractivity contribution in [3.63, 3.8) is 0 Å². The molecule has 7 nitrogen and oxygen atoms in total. The zero-order valence-electron chi connectivity index (χ0n) is 16.8. The normalized spacial score (nSPS) is 21.2. The number of benzene rings is 1. The molecule has 1 aromatic carbocycles. The predicted molar refractivity (Wildman–Crippen MR) is 113 cm³/mol. The molecule has 2 aromatic rings. The summed E-state index contributed by atoms with van der Waals surface area (Å²) in [5.41, 5.74) is 1.83. The van der Waals surface area contributed by atoms with Crippen molar-refractivity contribution >= 4 is 28.3 Å². The molecule has 0 radical (unpaired) electrons. The SMILES string of the molecule is O=C1CCCN1c1nc(CC(=O)N2CCC[C@H]2c2ccc3c(c2)OCCCO3)cs1. The third-order valence-corrected chi connectivity index (χ3v) is 6.82. The summed E-state index contributed by atoms with van der Waals surface area (Å²) in [5.74, 6) is 1.74. The molecule has 30 heavy (non-hydrogen) atoms. The molecular formula is C22H25N3O4S. The Morgan fingerprint density at radius 2 is 2.00 bits per heavy atom. The van der Waals surface area contributed by atoms with E-state index in [2.05, 4.69) is 4.98 Å². The van der Waals surface area contributed by atoms with E-state index in [0.717, 1.165) is 61.5 Å². The van der Waals surface area contributed by atoms with E-state index in [4.69, 9.17) is 9.47 Å². The van der Waals surface area contributed by atoms with Gasteiger partial charge in [0.15, 0.2) is 16.6 Å². The van der Waals surface area contributed by atoms with E-state index in [-0.39, 0.29) is 24.3 Å². The number of nitrogens with zero attached hydrogens (tertiary/aromatic N) is 3. The molecule has 0 bridgehead atoms. The van der Waals surface area contributed by atoms with Gasteiger partial charge in [0.1, 0.15) is 0 Å². The molecule has 4 heterocycles. The van der Waals surface area contributed by atoms with E-state index in [0.29, 0.717) is 24.8 Å². The summed E-state index contributed by atoms with van der Waals surface area (Å²) in [7, 11) is 0. The Morgan fingerprint density at radius 1 is 1.13 bits per heavy atom. The van der Waals surface area contributed by atoms with Crippen LogP contribution in [0.15, 0.2) is 23.6 Å². The van der Waals surface area contributed by atoms with Gasteiger partial charge in [-0.05, 0) is 37.0 Å². The first kappa shape index (κ1) is 19.4. The largest absolute Gasteiger partial charge is 0.490 e. The Bertz CT molecular complexity index is 960. The topological polar surface area (TPSA) is 72.0 Å². The second-order valence-electron chi connectivity index (χ2n) is 7.95. The summed E-state index contributed by atoms with van der Waals surface area (Å²) in [6.07, 6.45) is 4.51. The van der Waals surface area contributed by atoms with Crippen molar-refractivity contribution in [1.82, 2.24) is 9.88 Å². The molecular weight excluding hydrogens is 402 g/mol. The van der Waals surface area contributed by atoms with E-state index < -0.39 is 0 Å². The summed E-state index contributed by atoms with van der Waals surface area (Å²) in [5, 5.41) is 2.61. The highest BCUT2D eigenvalue weighted by Crippen LogP contribution is 2.38. The Hall–Kier alpha value is -2.61. The Balaban J connectivity index is 1.29. The zero-order chi connectivity index (χ0) is 20.5. The minimum atomic E-state index is 0.0490. The minimum Gasteiger partial charge on any atom is -0.490 e. The molecule has 0 aliphatic carbocycles. The number of amides is 2. The second-order valence-corrected chi connectivity index (χ2v) is 8.79. The van der Waals surface area contributed by atoms with E-state index in [1.165, 1.54) is 11.3 Å². The van der Waals surface area contributed by atoms with Gasteiger partial charge in [-0.1, -0.05) is 6.07 Å². The first-order valence-electron chi connectivity index (χ1n) is 10.6. The Kier molecular flexibility index (Phi) is 5.33. The van der Waals surface area contributed by atoms with Crippen molar-refractivity contribution in [2.24, 2.45) is 0 Å². The lowest BCUT2D eigenvalue weighted by Crippen LogP contribution is -2.32. The fourth-order valence-electron chi connectivity index (χ4n) is 4.41. The molecule has 2 saturated heterocycles. The highest BCUT2D eigenvalue weighted by Gasteiger charge is 2.31. The van der Waals surface area contributed by atoms with Gasteiger partial charge in [0.25, 0.3) is 0 Å². The summed E-state index contributed by atoms with van der Waals surface area (Å²) < 4.78 is 11.6. The molecule has 0 saturated carbocycles. The van der Waals surface area contributed by atoms with Gasteiger partial charge in [-0.15, -0.1) is 11.3 Å². The van der Waals surface area contributed by atoms with Crippen molar-refractivity contribution in [2.45, 2.75) is 44.6 Å². The number of thiazole rings is 1. The number of hydrogen-bond donors (Lipinski definition) is 0. The van der Waals surface area contributed by atoms with Crippen molar-refractivity contribution < 1.29 is 19.1 Å². The van der Waals surface area contributed by atoms with E-state index in [1.807, 2.05) is 28.5 Å². The van der Waals surface area contributed by atoms with Crippen LogP contribution in [0.1, 0.15) is 49.4 Å². The van der Waals surface area contributed by atoms with Crippen LogP contribution >= 0.6 is 11.3 Å². The average Bonchev–Trinajstić information content (AvgIpc) is 3.46. The monoisotopic (exact) mass is 427 g/mol. The van der Waals surface area contributed by atoms with Crippen LogP contribution in [-0.4, -0.2) is 48.0 Å². The fraction of sp³-hybridized carbons (Fsp3) is 0.500. The van der Waals surface area contributed by atoms with Gasteiger partial charge in [0, 0.05) is 31.3 Å². The molecule has 1 atom stereocenters. The van der Waals surface area contributed by atoms with Crippen LogP contribution in [0.2, 0.25) is 0 Å². The number of carbonyl (C=O) groups is 2. The maximum atomic E-state index is 13.1. The van der Waals surface area contributed by atoms with Gasteiger partial charge in [-0.25, -0.2) is 4.98 Å². The first-order valence-corrected chi connectivity index (χ1v) is 11.5. The molecule has 0 N–H and O–H groups in total. The van der Waals surface area contributed by atoms with Crippen molar-refractivity contribution in [2.75, 3.05) is 31.2 Å². The van der Waals surface area contributed by atoms with Crippen molar-refractivity contribution in [3.05, 3.63) is 34.8 Å². The maximum absolute atomic E-state index is 13.1. The summed E-state index contributed by atoms with van der Waals surface area (Å²) in [4.78, 5) is 33.3. The lowest BCUT2D eigenvalue weighted by molar-refractivity contribution is -0.131. The molecule has 2 fully saturated rings. The third-order valence-electron chi connectivity index (χ3n) is 5.91. The van der Waals surface area contributed by atoms with E-state index in [1.54, 1.807) is 4.90 Å². The van der Waals surface area contributed by atoms with Crippen molar-refractivity contribution in [3.8, 4) is 11.5 Å². The number of rotatable bonds is 4. The molecule has 5 rings (SSSR count). The summed E-state index contributed by atoms with van der Waals surface area (Å²) >= 11 is 1.44. The lowest BCUT2D eigenvalue weighted by Gasteiger charge is -2.25. The number of fused-ring (bicyclic) bond motifs is 1. The molecule has 0 spiro atoms. The first-order chi connectivity index (χ1) is 14.7. The van der Waals surface area contributed by atoms with Gasteiger partial charge in [0.05, 0.1) is 31.4 Å². The molecule has 8 heteroatoms.